The molecule has 0 aliphatic carbocycles. The summed E-state index contributed by atoms with van der Waals surface area (Å²) in [5.41, 5.74) is 3.05. The van der Waals surface area contributed by atoms with E-state index in [1.807, 2.05) is 58.1 Å². The van der Waals surface area contributed by atoms with Crippen LogP contribution in [0.5, 0.6) is 0 Å². The van der Waals surface area contributed by atoms with Crippen molar-refractivity contribution >= 4 is 5.97 Å². The zero-order valence-electron chi connectivity index (χ0n) is 26.8. The first-order valence-electron chi connectivity index (χ1n) is 14.9. The Morgan fingerprint density at radius 3 is 2.28 bits per heavy atom. The van der Waals surface area contributed by atoms with Crippen molar-refractivity contribution < 1.29 is 48.9 Å². The zero-order chi connectivity index (χ0) is 32.3. The summed E-state index contributed by atoms with van der Waals surface area (Å²) in [5, 5.41) is 41.9. The van der Waals surface area contributed by atoms with Gasteiger partial charge in [-0.25, -0.2) is 4.79 Å². The minimum atomic E-state index is -1.31. The number of hydrogen-bond donors (Lipinski definition) is 4. The number of carbonyl (C=O) groups excluding carboxylic acids is 1. The third kappa shape index (κ3) is 11.4. The number of aliphatic hydroxyl groups is 4. The van der Waals surface area contributed by atoms with Gasteiger partial charge in [0.1, 0.15) is 24.4 Å². The van der Waals surface area contributed by atoms with Gasteiger partial charge in [-0.15, -0.1) is 0 Å². The molecule has 2 heterocycles. The first kappa shape index (κ1) is 37.0. The third-order valence-electron chi connectivity index (χ3n) is 7.79. The molecule has 0 amide bonds. The predicted octanol–water partition coefficient (Wildman–Crippen LogP) is 3.29. The first-order valence-corrected chi connectivity index (χ1v) is 14.9. The molecule has 0 aromatic rings. The van der Waals surface area contributed by atoms with Crippen LogP contribution in [-0.2, 0) is 28.5 Å². The lowest BCUT2D eigenvalue weighted by atomic mass is 9.97. The molecular weight excluding hydrogens is 556 g/mol. The van der Waals surface area contributed by atoms with E-state index in [1.54, 1.807) is 19.9 Å². The van der Waals surface area contributed by atoms with Crippen LogP contribution in [-0.4, -0.2) is 102 Å². The van der Waals surface area contributed by atoms with Crippen LogP contribution in [0.2, 0.25) is 0 Å². The van der Waals surface area contributed by atoms with Gasteiger partial charge in [0.05, 0.1) is 31.0 Å². The number of allylic oxidation sites excluding steroid dienone is 7. The number of aliphatic hydroxyl groups excluding tert-OH is 4. The second kappa shape index (κ2) is 18.0. The highest BCUT2D eigenvalue weighted by Gasteiger charge is 2.44. The zero-order valence-corrected chi connectivity index (χ0v) is 26.8. The third-order valence-corrected chi connectivity index (χ3v) is 7.79. The number of cyclic esters (lactones) is 1. The molecule has 10 heteroatoms. The van der Waals surface area contributed by atoms with Gasteiger partial charge in [-0.3, -0.25) is 0 Å². The Labute approximate surface area is 256 Å². The Kier molecular flexibility index (Phi) is 15.5. The SMILES string of the molecule is CO[C@@H]1[C@@H](O)[C@H](O)[C@H](O[C@@H]2/C=C/C(C)=C/CC[C@H](O)[C@@H](OC)C[C@@H](CO)OC(=O)/C(C)=C/C(C)=C/C(C)=C/[C@H]2C)O[C@H]1C. The molecule has 0 bridgehead atoms. The lowest BCUT2D eigenvalue weighted by Gasteiger charge is -2.41. The van der Waals surface area contributed by atoms with Crippen LogP contribution in [0.3, 0.4) is 0 Å². The Morgan fingerprint density at radius 1 is 0.953 bits per heavy atom. The molecule has 2 aliphatic rings. The van der Waals surface area contributed by atoms with E-state index in [4.69, 9.17) is 23.7 Å². The largest absolute Gasteiger partial charge is 0.456 e. The van der Waals surface area contributed by atoms with E-state index in [-0.39, 0.29) is 18.9 Å². The number of hydrogen-bond acceptors (Lipinski definition) is 10. The summed E-state index contributed by atoms with van der Waals surface area (Å²) in [7, 11) is 2.93. The van der Waals surface area contributed by atoms with Crippen molar-refractivity contribution in [2.24, 2.45) is 5.92 Å². The van der Waals surface area contributed by atoms with Crippen molar-refractivity contribution in [1.29, 1.82) is 0 Å². The fourth-order valence-electron chi connectivity index (χ4n) is 5.36. The van der Waals surface area contributed by atoms with Crippen molar-refractivity contribution in [1.82, 2.24) is 0 Å². The quantitative estimate of drug-likeness (QED) is 0.343. The van der Waals surface area contributed by atoms with Crippen LogP contribution >= 0.6 is 0 Å². The highest BCUT2D eigenvalue weighted by Crippen LogP contribution is 2.27. The Hall–Kier alpha value is -2.15. The van der Waals surface area contributed by atoms with Crippen LogP contribution in [0, 0.1) is 5.92 Å². The molecule has 2 rings (SSSR count). The van der Waals surface area contributed by atoms with Crippen molar-refractivity contribution in [2.45, 2.75) is 116 Å². The smallest absolute Gasteiger partial charge is 0.334 e. The van der Waals surface area contributed by atoms with Crippen LogP contribution in [0.1, 0.15) is 60.8 Å². The molecule has 0 unspecified atom stereocenters. The number of rotatable bonds is 5. The normalized spacial score (nSPS) is 41.7. The second-order valence-corrected chi connectivity index (χ2v) is 11.6. The number of esters is 1. The van der Waals surface area contributed by atoms with Crippen molar-refractivity contribution in [3.63, 3.8) is 0 Å². The summed E-state index contributed by atoms with van der Waals surface area (Å²) in [4.78, 5) is 12.8. The highest BCUT2D eigenvalue weighted by molar-refractivity contribution is 5.88. The van der Waals surface area contributed by atoms with Gasteiger partial charge < -0.3 is 44.1 Å². The minimum absolute atomic E-state index is 0.150. The lowest BCUT2D eigenvalue weighted by molar-refractivity contribution is -0.305. The molecule has 0 aromatic heterocycles. The summed E-state index contributed by atoms with van der Waals surface area (Å²) in [5.74, 6) is -0.734. The van der Waals surface area contributed by atoms with Gasteiger partial charge in [0, 0.05) is 32.1 Å². The van der Waals surface area contributed by atoms with E-state index in [0.717, 1.165) is 16.7 Å². The van der Waals surface area contributed by atoms with Crippen molar-refractivity contribution in [2.75, 3.05) is 20.8 Å². The van der Waals surface area contributed by atoms with E-state index in [9.17, 15) is 25.2 Å². The molecule has 10 nitrogen and oxygen atoms in total. The summed E-state index contributed by atoms with van der Waals surface area (Å²) >= 11 is 0. The standard InChI is InChI=1S/C33H52O10/c1-19-10-9-11-26(35)28(39-7)17-25(18-34)42-32(38)23(5)16-21(3)14-20(2)15-22(4)27(13-12-19)43-33-30(37)29(36)31(40-8)24(6)41-33/h10,12-16,22,24-31,33-37H,9,11,17-18H2,1-8H3/b13-12+,19-10+,20-15+,21-14+,23-16+/t22-,24+,25+,26+,27-,28+,29+,30+,31+,33+/m1/s1. The molecule has 1 fully saturated rings. The van der Waals surface area contributed by atoms with E-state index < -0.39 is 61.1 Å². The molecular formula is C33H52O10. The Morgan fingerprint density at radius 2 is 1.65 bits per heavy atom. The van der Waals surface area contributed by atoms with Gasteiger partial charge in [0.15, 0.2) is 6.29 Å². The van der Waals surface area contributed by atoms with Gasteiger partial charge in [-0.1, -0.05) is 54.0 Å². The monoisotopic (exact) mass is 608 g/mol. The Bertz CT molecular complexity index is 1040. The van der Waals surface area contributed by atoms with Gasteiger partial charge in [0.25, 0.3) is 0 Å². The first-order chi connectivity index (χ1) is 20.3. The van der Waals surface area contributed by atoms with Crippen LogP contribution in [0.4, 0.5) is 0 Å². The summed E-state index contributed by atoms with van der Waals surface area (Å²) in [6.45, 7) is 10.7. The predicted molar refractivity (Wildman–Crippen MR) is 163 cm³/mol. The Balaban J connectivity index is 2.43. The topological polar surface area (TPSA) is 144 Å². The fraction of sp³-hybridized carbons (Fsp3) is 0.667. The summed E-state index contributed by atoms with van der Waals surface area (Å²) in [6.07, 6.45) is 5.02. The van der Waals surface area contributed by atoms with Crippen LogP contribution in [0.25, 0.3) is 0 Å². The maximum Gasteiger partial charge on any atom is 0.334 e. The fourth-order valence-corrected chi connectivity index (χ4v) is 5.36. The highest BCUT2D eigenvalue weighted by atomic mass is 16.7. The molecule has 0 saturated carbocycles. The molecule has 4 N–H and O–H groups in total. The molecule has 244 valence electrons. The molecule has 0 aromatic carbocycles. The summed E-state index contributed by atoms with van der Waals surface area (Å²) < 4.78 is 28.5. The van der Waals surface area contributed by atoms with E-state index >= 15 is 0 Å². The van der Waals surface area contributed by atoms with E-state index in [2.05, 4.69) is 0 Å². The van der Waals surface area contributed by atoms with Gasteiger partial charge in [-0.2, -0.15) is 0 Å². The van der Waals surface area contributed by atoms with Crippen molar-refractivity contribution in [3.05, 3.63) is 58.7 Å². The van der Waals surface area contributed by atoms with E-state index in [0.29, 0.717) is 18.4 Å². The van der Waals surface area contributed by atoms with Gasteiger partial charge >= 0.3 is 5.97 Å². The van der Waals surface area contributed by atoms with Crippen molar-refractivity contribution in [3.8, 4) is 0 Å². The maximum atomic E-state index is 12.8. The minimum Gasteiger partial charge on any atom is -0.456 e. The summed E-state index contributed by atoms with van der Waals surface area (Å²) in [6, 6.07) is 0. The molecule has 2 aliphatic heterocycles. The lowest BCUT2D eigenvalue weighted by Crippen LogP contribution is -2.58. The molecule has 10 atom stereocenters. The molecule has 0 radical (unpaired) electrons. The average Bonchev–Trinajstić information content (AvgIpc) is 2.94. The molecule has 0 spiro atoms. The van der Waals surface area contributed by atoms with Crippen LogP contribution in [0.15, 0.2) is 58.7 Å². The van der Waals surface area contributed by atoms with Gasteiger partial charge in [-0.05, 0) is 53.5 Å². The number of carbonyl (C=O) groups is 1. The second-order valence-electron chi connectivity index (χ2n) is 11.6. The van der Waals surface area contributed by atoms with Gasteiger partial charge in [0.2, 0.25) is 0 Å². The molecule has 43 heavy (non-hydrogen) atoms. The average molecular weight is 609 g/mol. The van der Waals surface area contributed by atoms with E-state index in [1.165, 1.54) is 14.2 Å². The number of ether oxygens (including phenoxy) is 5. The molecule has 1 saturated heterocycles. The van der Waals surface area contributed by atoms with Crippen LogP contribution < -0.4 is 0 Å². The maximum absolute atomic E-state index is 12.8. The number of methoxy groups -OCH3 is 2.